The molecule has 0 spiro atoms. The normalized spacial score (nSPS) is 12.1. The maximum atomic E-state index is 11.3. The molecule has 0 aliphatic rings. The third-order valence-corrected chi connectivity index (χ3v) is 3.51. The summed E-state index contributed by atoms with van der Waals surface area (Å²) in [5, 5.41) is 12.1. The largest absolute Gasteiger partial charge is 0.481 e. The van der Waals surface area contributed by atoms with Crippen molar-refractivity contribution in [3.8, 4) is 0 Å². The minimum atomic E-state index is -1.03. The summed E-state index contributed by atoms with van der Waals surface area (Å²) in [4.78, 5) is 22.3. The number of carbonyl (C=O) groups excluding carboxylic acids is 1. The lowest BCUT2D eigenvalue weighted by atomic mass is 9.96. The van der Waals surface area contributed by atoms with Gasteiger partial charge in [0.25, 0.3) is 0 Å². The van der Waals surface area contributed by atoms with Gasteiger partial charge in [0.05, 0.1) is 0 Å². The van der Waals surface area contributed by atoms with Gasteiger partial charge in [-0.2, -0.15) is 0 Å². The van der Waals surface area contributed by atoms with E-state index < -0.39 is 11.9 Å². The Morgan fingerprint density at radius 2 is 1.55 bits per heavy atom. The fraction of sp³-hybridized carbons (Fsp3) is 0.750. The first kappa shape index (κ1) is 18.8. The van der Waals surface area contributed by atoms with Crippen molar-refractivity contribution < 1.29 is 14.7 Å². The lowest BCUT2D eigenvalue weighted by molar-refractivity contribution is -0.145. The van der Waals surface area contributed by atoms with E-state index in [9.17, 15) is 9.59 Å². The van der Waals surface area contributed by atoms with Crippen molar-refractivity contribution in [3.05, 3.63) is 12.7 Å². The van der Waals surface area contributed by atoms with Gasteiger partial charge in [-0.15, -0.1) is 0 Å². The van der Waals surface area contributed by atoms with Crippen LogP contribution in [0.15, 0.2) is 12.7 Å². The summed E-state index contributed by atoms with van der Waals surface area (Å²) >= 11 is 0. The predicted molar refractivity (Wildman–Crippen MR) is 81.8 cm³/mol. The average molecular weight is 283 g/mol. The van der Waals surface area contributed by atoms with E-state index in [-0.39, 0.29) is 5.78 Å². The summed E-state index contributed by atoms with van der Waals surface area (Å²) in [6.07, 6.45) is 10.7. The zero-order valence-electron chi connectivity index (χ0n) is 12.7. The summed E-state index contributed by atoms with van der Waals surface area (Å²) in [5.41, 5.74) is 0. The highest BCUT2D eigenvalue weighted by Crippen LogP contribution is 2.14. The third kappa shape index (κ3) is 9.73. The van der Waals surface area contributed by atoms with Gasteiger partial charge in [-0.25, -0.2) is 0 Å². The van der Waals surface area contributed by atoms with Gasteiger partial charge in [-0.05, 0) is 32.5 Å². The van der Waals surface area contributed by atoms with E-state index in [4.69, 9.17) is 5.11 Å². The topological polar surface area (TPSA) is 66.4 Å². The van der Waals surface area contributed by atoms with Crippen LogP contribution in [0.25, 0.3) is 0 Å². The summed E-state index contributed by atoms with van der Waals surface area (Å²) in [6, 6.07) is 0. The Bertz CT molecular complexity index is 289. The molecule has 2 N–H and O–H groups in total. The highest BCUT2D eigenvalue weighted by Gasteiger charge is 2.22. The van der Waals surface area contributed by atoms with Crippen LogP contribution < -0.4 is 5.32 Å². The van der Waals surface area contributed by atoms with Crippen LogP contribution in [-0.4, -0.2) is 30.5 Å². The molecule has 0 fully saturated rings. The zero-order valence-corrected chi connectivity index (χ0v) is 12.7. The molecule has 20 heavy (non-hydrogen) atoms. The molecule has 0 aliphatic heterocycles. The van der Waals surface area contributed by atoms with Gasteiger partial charge in [0, 0.05) is 0 Å². The molecular weight excluding hydrogens is 254 g/mol. The van der Waals surface area contributed by atoms with E-state index in [1.54, 1.807) is 0 Å². The summed E-state index contributed by atoms with van der Waals surface area (Å²) in [6.45, 7) is 4.44. The van der Waals surface area contributed by atoms with E-state index in [2.05, 4.69) is 11.9 Å². The number of carboxylic acids is 1. The second-order valence-electron chi connectivity index (χ2n) is 5.22. The fourth-order valence-electron chi connectivity index (χ4n) is 2.24. The molecule has 0 rings (SSSR count). The molecule has 0 amide bonds. The Labute approximate surface area is 122 Å². The van der Waals surface area contributed by atoms with Crippen molar-refractivity contribution in [3.63, 3.8) is 0 Å². The molecule has 0 bridgehead atoms. The highest BCUT2D eigenvalue weighted by molar-refractivity contribution is 6.03. The van der Waals surface area contributed by atoms with Crippen LogP contribution in [0.1, 0.15) is 57.8 Å². The van der Waals surface area contributed by atoms with Crippen LogP contribution >= 0.6 is 0 Å². The van der Waals surface area contributed by atoms with E-state index in [0.29, 0.717) is 6.42 Å². The molecule has 0 heterocycles. The molecule has 0 saturated carbocycles. The van der Waals surface area contributed by atoms with Gasteiger partial charge >= 0.3 is 5.97 Å². The smallest absolute Gasteiger partial charge is 0.314 e. The fourth-order valence-corrected chi connectivity index (χ4v) is 2.24. The molecule has 0 saturated heterocycles. The molecule has 1 atom stereocenters. The number of aliphatic carboxylic acids is 1. The minimum Gasteiger partial charge on any atom is -0.481 e. The average Bonchev–Trinajstić information content (AvgIpc) is 2.43. The summed E-state index contributed by atoms with van der Waals surface area (Å²) in [7, 11) is 1.97. The van der Waals surface area contributed by atoms with Gasteiger partial charge < -0.3 is 10.4 Å². The Morgan fingerprint density at radius 1 is 1.05 bits per heavy atom. The van der Waals surface area contributed by atoms with Gasteiger partial charge in [-0.1, -0.05) is 51.5 Å². The second kappa shape index (κ2) is 12.9. The SMILES string of the molecule is C=CC(=O)C(CCCCCCCCCCNC)C(=O)O. The molecule has 0 aromatic carbocycles. The van der Waals surface area contributed by atoms with Crippen LogP contribution in [0.4, 0.5) is 0 Å². The summed E-state index contributed by atoms with van der Waals surface area (Å²) < 4.78 is 0. The number of ketones is 1. The molecule has 0 radical (unpaired) electrons. The first-order chi connectivity index (χ1) is 9.63. The Balaban J connectivity index is 3.48. The molecular formula is C16H29NO3. The third-order valence-electron chi connectivity index (χ3n) is 3.51. The van der Waals surface area contributed by atoms with Crippen LogP contribution in [0, 0.1) is 5.92 Å². The number of hydrogen-bond acceptors (Lipinski definition) is 3. The zero-order chi connectivity index (χ0) is 15.2. The van der Waals surface area contributed by atoms with Crippen LogP contribution in [0.2, 0.25) is 0 Å². The Morgan fingerprint density at radius 3 is 2.00 bits per heavy atom. The predicted octanol–water partition coefficient (Wildman–Crippen LogP) is 3.17. The Hall–Kier alpha value is -1.16. The molecule has 0 aromatic rings. The van der Waals surface area contributed by atoms with Gasteiger partial charge in [0.1, 0.15) is 5.92 Å². The van der Waals surface area contributed by atoms with E-state index in [1.165, 1.54) is 32.1 Å². The van der Waals surface area contributed by atoms with Crippen molar-refractivity contribution in [2.75, 3.05) is 13.6 Å². The molecule has 116 valence electrons. The number of carboxylic acid groups (broad SMARTS) is 1. The van der Waals surface area contributed by atoms with Gasteiger partial charge in [-0.3, -0.25) is 9.59 Å². The van der Waals surface area contributed by atoms with Crippen LogP contribution in [0.3, 0.4) is 0 Å². The molecule has 4 nitrogen and oxygen atoms in total. The maximum absolute atomic E-state index is 11.3. The number of nitrogens with one attached hydrogen (secondary N) is 1. The first-order valence-corrected chi connectivity index (χ1v) is 7.67. The quantitative estimate of drug-likeness (QED) is 0.292. The highest BCUT2D eigenvalue weighted by atomic mass is 16.4. The number of carbonyl (C=O) groups is 2. The van der Waals surface area contributed by atoms with Crippen molar-refractivity contribution >= 4 is 11.8 Å². The minimum absolute atomic E-state index is 0.373. The molecule has 1 unspecified atom stereocenters. The second-order valence-corrected chi connectivity index (χ2v) is 5.22. The lowest BCUT2D eigenvalue weighted by Gasteiger charge is -2.08. The summed E-state index contributed by atoms with van der Waals surface area (Å²) in [5.74, 6) is -2.30. The van der Waals surface area contributed by atoms with E-state index >= 15 is 0 Å². The monoisotopic (exact) mass is 283 g/mol. The van der Waals surface area contributed by atoms with Crippen molar-refractivity contribution in [2.45, 2.75) is 57.8 Å². The Kier molecular flexibility index (Phi) is 12.1. The van der Waals surface area contributed by atoms with E-state index in [0.717, 1.165) is 31.9 Å². The first-order valence-electron chi connectivity index (χ1n) is 7.67. The van der Waals surface area contributed by atoms with Crippen LogP contribution in [0.5, 0.6) is 0 Å². The lowest BCUT2D eigenvalue weighted by Crippen LogP contribution is -2.21. The van der Waals surface area contributed by atoms with Crippen molar-refractivity contribution in [2.24, 2.45) is 5.92 Å². The maximum Gasteiger partial charge on any atom is 0.314 e. The van der Waals surface area contributed by atoms with Gasteiger partial charge in [0.2, 0.25) is 0 Å². The van der Waals surface area contributed by atoms with Crippen LogP contribution in [-0.2, 0) is 9.59 Å². The number of rotatable bonds is 14. The van der Waals surface area contributed by atoms with E-state index in [1.807, 2.05) is 7.05 Å². The molecule has 0 aromatic heterocycles. The van der Waals surface area contributed by atoms with Crippen molar-refractivity contribution in [1.82, 2.24) is 5.32 Å². The standard InChI is InChI=1S/C16H29NO3/c1-3-15(18)14(16(19)20)12-10-8-6-4-5-7-9-11-13-17-2/h3,14,17H,1,4-13H2,2H3,(H,19,20). The molecule has 0 aliphatic carbocycles. The number of allylic oxidation sites excluding steroid dienone is 1. The number of unbranched alkanes of at least 4 members (excludes halogenated alkanes) is 7. The van der Waals surface area contributed by atoms with Crippen molar-refractivity contribution in [1.29, 1.82) is 0 Å². The molecule has 4 heteroatoms. The number of hydrogen-bond donors (Lipinski definition) is 2. The van der Waals surface area contributed by atoms with Gasteiger partial charge in [0.15, 0.2) is 5.78 Å².